The third-order valence-electron chi connectivity index (χ3n) is 13.0. The standard InChI is InChI=1S/C68H114O6/c1-4-7-10-13-16-19-22-25-28-31-32-33-34-35-36-38-40-43-46-49-52-55-58-61-67(70)73-64-65(63-72-66(69)60-57-54-51-48-45-42-39-30-27-24-21-18-15-12-9-6-3)74-68(71)62-59-56-53-50-47-44-41-37-29-26-23-20-17-14-11-8-5-2/h8,11,17,20-22,24-26,29-32,34-35,39,41,44,65H,4-7,9-10,12-16,18-19,23,27-28,33,36-38,40,42-43,45-64H2,1-3H3/b11-8-,20-17-,24-21-,25-22-,29-26-,32-31-,35-34-,39-30-,44-41-. The Kier molecular flexibility index (Phi) is 58.3. The fourth-order valence-corrected chi connectivity index (χ4v) is 8.35. The summed E-state index contributed by atoms with van der Waals surface area (Å²) in [5.41, 5.74) is 0. The Bertz CT molecular complexity index is 1510. The summed E-state index contributed by atoms with van der Waals surface area (Å²) in [7, 11) is 0. The highest BCUT2D eigenvalue weighted by molar-refractivity contribution is 5.71. The molecule has 0 N–H and O–H groups in total. The molecule has 0 amide bonds. The van der Waals surface area contributed by atoms with Gasteiger partial charge in [0, 0.05) is 19.3 Å². The minimum absolute atomic E-state index is 0.0979. The molecule has 0 aliphatic carbocycles. The highest BCUT2D eigenvalue weighted by Crippen LogP contribution is 2.14. The fraction of sp³-hybridized carbons (Fsp3) is 0.691. The molecule has 0 aromatic rings. The van der Waals surface area contributed by atoms with Crippen molar-refractivity contribution in [2.24, 2.45) is 0 Å². The van der Waals surface area contributed by atoms with Crippen LogP contribution in [-0.2, 0) is 28.6 Å². The molecule has 6 nitrogen and oxygen atoms in total. The van der Waals surface area contributed by atoms with Crippen molar-refractivity contribution in [3.05, 3.63) is 109 Å². The molecule has 0 saturated carbocycles. The van der Waals surface area contributed by atoms with Crippen LogP contribution in [0.25, 0.3) is 0 Å². The molecule has 0 aliphatic heterocycles. The smallest absolute Gasteiger partial charge is 0.306 e. The van der Waals surface area contributed by atoms with Gasteiger partial charge in [-0.15, -0.1) is 0 Å². The van der Waals surface area contributed by atoms with Crippen LogP contribution in [-0.4, -0.2) is 37.2 Å². The van der Waals surface area contributed by atoms with Crippen LogP contribution in [0.2, 0.25) is 0 Å². The van der Waals surface area contributed by atoms with Crippen LogP contribution in [0.5, 0.6) is 0 Å². The summed E-state index contributed by atoms with van der Waals surface area (Å²) in [6.45, 7) is 6.47. The maximum absolute atomic E-state index is 12.9. The zero-order valence-corrected chi connectivity index (χ0v) is 48.3. The van der Waals surface area contributed by atoms with Crippen molar-refractivity contribution >= 4 is 17.9 Å². The molecule has 0 heterocycles. The summed E-state index contributed by atoms with van der Waals surface area (Å²) >= 11 is 0. The van der Waals surface area contributed by atoms with Gasteiger partial charge in [-0.2, -0.15) is 0 Å². The van der Waals surface area contributed by atoms with Gasteiger partial charge in [-0.1, -0.05) is 246 Å². The largest absolute Gasteiger partial charge is 0.462 e. The van der Waals surface area contributed by atoms with E-state index in [2.05, 4.69) is 130 Å². The van der Waals surface area contributed by atoms with Gasteiger partial charge in [0.1, 0.15) is 13.2 Å². The minimum atomic E-state index is -0.803. The SMILES string of the molecule is CC/C=C\C/C=C\C/C=C\C/C=C\CCCCCCC(=O)OC(COC(=O)CCCCCCC/C=C\C/C=C\CCCCCC)COC(=O)CCCCCCCCCC/C=C\C/C=C\C/C=C\CCCCCCC. The number of carbonyl (C=O) groups is 3. The Morgan fingerprint density at radius 1 is 0.284 bits per heavy atom. The molecule has 0 aromatic carbocycles. The van der Waals surface area contributed by atoms with E-state index in [1.807, 2.05) is 0 Å². The van der Waals surface area contributed by atoms with Gasteiger partial charge in [0.2, 0.25) is 0 Å². The van der Waals surface area contributed by atoms with Gasteiger partial charge in [0.05, 0.1) is 0 Å². The van der Waals surface area contributed by atoms with Crippen LogP contribution in [0.3, 0.4) is 0 Å². The van der Waals surface area contributed by atoms with Crippen LogP contribution in [0.15, 0.2) is 109 Å². The molecular weight excluding hydrogens is 913 g/mol. The second kappa shape index (κ2) is 61.6. The Hall–Kier alpha value is -3.93. The minimum Gasteiger partial charge on any atom is -0.462 e. The molecule has 74 heavy (non-hydrogen) atoms. The van der Waals surface area contributed by atoms with Crippen LogP contribution in [0, 0.1) is 0 Å². The highest BCUT2D eigenvalue weighted by Gasteiger charge is 2.19. The topological polar surface area (TPSA) is 78.9 Å². The van der Waals surface area contributed by atoms with Crippen molar-refractivity contribution in [3.8, 4) is 0 Å². The first-order valence-corrected chi connectivity index (χ1v) is 30.9. The summed E-state index contributed by atoms with van der Waals surface area (Å²) in [6.07, 6.45) is 83.6. The lowest BCUT2D eigenvalue weighted by molar-refractivity contribution is -0.167. The predicted molar refractivity (Wildman–Crippen MR) is 320 cm³/mol. The van der Waals surface area contributed by atoms with E-state index in [-0.39, 0.29) is 31.1 Å². The van der Waals surface area contributed by atoms with E-state index in [0.29, 0.717) is 19.3 Å². The Balaban J connectivity index is 4.44. The van der Waals surface area contributed by atoms with Crippen LogP contribution in [0.4, 0.5) is 0 Å². The molecule has 0 rings (SSSR count). The van der Waals surface area contributed by atoms with Crippen molar-refractivity contribution in [1.29, 1.82) is 0 Å². The lowest BCUT2D eigenvalue weighted by Gasteiger charge is -2.18. The van der Waals surface area contributed by atoms with E-state index in [1.54, 1.807) is 0 Å². The number of carbonyl (C=O) groups excluding carboxylic acids is 3. The van der Waals surface area contributed by atoms with Crippen molar-refractivity contribution in [2.75, 3.05) is 13.2 Å². The fourth-order valence-electron chi connectivity index (χ4n) is 8.35. The van der Waals surface area contributed by atoms with Crippen molar-refractivity contribution < 1.29 is 28.6 Å². The zero-order chi connectivity index (χ0) is 53.6. The van der Waals surface area contributed by atoms with Crippen LogP contribution < -0.4 is 0 Å². The number of ether oxygens (including phenoxy) is 3. The molecule has 6 heteroatoms. The van der Waals surface area contributed by atoms with E-state index in [9.17, 15) is 14.4 Å². The highest BCUT2D eigenvalue weighted by atomic mass is 16.6. The van der Waals surface area contributed by atoms with Crippen molar-refractivity contribution in [1.82, 2.24) is 0 Å². The zero-order valence-electron chi connectivity index (χ0n) is 48.3. The quantitative estimate of drug-likeness (QED) is 0.0261. The molecule has 422 valence electrons. The first-order chi connectivity index (χ1) is 36.5. The molecule has 0 fully saturated rings. The first kappa shape index (κ1) is 70.1. The lowest BCUT2D eigenvalue weighted by atomic mass is 10.1. The summed E-state index contributed by atoms with van der Waals surface area (Å²) in [4.78, 5) is 38.3. The summed E-state index contributed by atoms with van der Waals surface area (Å²) < 4.78 is 16.9. The van der Waals surface area contributed by atoms with Gasteiger partial charge < -0.3 is 14.2 Å². The van der Waals surface area contributed by atoms with E-state index < -0.39 is 6.10 Å². The van der Waals surface area contributed by atoms with Gasteiger partial charge >= 0.3 is 17.9 Å². The van der Waals surface area contributed by atoms with Gasteiger partial charge in [-0.3, -0.25) is 14.4 Å². The second-order valence-electron chi connectivity index (χ2n) is 20.2. The second-order valence-corrected chi connectivity index (χ2v) is 20.2. The van der Waals surface area contributed by atoms with Crippen LogP contribution in [0.1, 0.15) is 284 Å². The van der Waals surface area contributed by atoms with Gasteiger partial charge in [0.25, 0.3) is 0 Å². The monoisotopic (exact) mass is 1030 g/mol. The lowest BCUT2D eigenvalue weighted by Crippen LogP contribution is -2.30. The maximum atomic E-state index is 12.9. The van der Waals surface area contributed by atoms with Gasteiger partial charge in [0.15, 0.2) is 6.10 Å². The molecular formula is C68H114O6. The average Bonchev–Trinajstić information content (AvgIpc) is 3.40. The van der Waals surface area contributed by atoms with Crippen molar-refractivity contribution in [3.63, 3.8) is 0 Å². The number of hydrogen-bond donors (Lipinski definition) is 0. The van der Waals surface area contributed by atoms with Crippen molar-refractivity contribution in [2.45, 2.75) is 290 Å². The van der Waals surface area contributed by atoms with Gasteiger partial charge in [-0.25, -0.2) is 0 Å². The molecule has 1 atom stereocenters. The number of unbranched alkanes of at least 4 members (excludes halogenated alkanes) is 26. The van der Waals surface area contributed by atoms with E-state index in [4.69, 9.17) is 14.2 Å². The maximum Gasteiger partial charge on any atom is 0.306 e. The Morgan fingerprint density at radius 2 is 0.527 bits per heavy atom. The summed E-state index contributed by atoms with van der Waals surface area (Å²) in [5, 5.41) is 0. The molecule has 1 unspecified atom stereocenters. The molecule has 0 aromatic heterocycles. The van der Waals surface area contributed by atoms with E-state index >= 15 is 0 Å². The van der Waals surface area contributed by atoms with E-state index in [1.165, 1.54) is 103 Å². The first-order valence-electron chi connectivity index (χ1n) is 30.9. The normalized spacial score (nSPS) is 12.9. The molecule has 0 radical (unpaired) electrons. The van der Waals surface area contributed by atoms with E-state index in [0.717, 1.165) is 141 Å². The number of allylic oxidation sites excluding steroid dienone is 18. The third-order valence-corrected chi connectivity index (χ3v) is 13.0. The van der Waals surface area contributed by atoms with Gasteiger partial charge in [-0.05, 0) is 128 Å². The van der Waals surface area contributed by atoms with Crippen LogP contribution >= 0.6 is 0 Å². The molecule has 0 spiro atoms. The third kappa shape index (κ3) is 59.0. The average molecular weight is 1030 g/mol. The summed E-state index contributed by atoms with van der Waals surface area (Å²) in [5.74, 6) is -0.938. The Labute approximate surface area is 457 Å². The predicted octanol–water partition coefficient (Wildman–Crippen LogP) is 21.0. The molecule has 0 aliphatic rings. The molecule has 0 bridgehead atoms. The number of esters is 3. The molecule has 0 saturated heterocycles. The Morgan fingerprint density at radius 3 is 0.838 bits per heavy atom. The number of hydrogen-bond acceptors (Lipinski definition) is 6. The number of rotatable bonds is 55. The summed E-state index contributed by atoms with van der Waals surface area (Å²) in [6, 6.07) is 0.